The van der Waals surface area contributed by atoms with Crippen LogP contribution in [0.3, 0.4) is 0 Å². The van der Waals surface area contributed by atoms with Crippen LogP contribution in [0.25, 0.3) is 32.7 Å². The van der Waals surface area contributed by atoms with Crippen molar-refractivity contribution in [2.75, 3.05) is 98.7 Å². The molecule has 5 aliphatic heterocycles. The number of hydrogen-bond acceptors (Lipinski definition) is 26. The third-order valence-corrected chi connectivity index (χ3v) is 26.3. The maximum absolute atomic E-state index is 14.1. The van der Waals surface area contributed by atoms with Gasteiger partial charge in [-0.3, -0.25) is 9.59 Å². The van der Waals surface area contributed by atoms with Crippen LogP contribution in [0, 0.1) is 31.3 Å². The number of hydrogen-bond donors (Lipinski definition) is 7. The number of anilines is 6. The number of aryl methyl sites for hydroxylation is 2. The minimum absolute atomic E-state index is 0.120. The maximum atomic E-state index is 14.1. The van der Waals surface area contributed by atoms with Crippen molar-refractivity contribution in [3.8, 4) is 34.5 Å². The monoisotopic (exact) mass is 1750 g/mol. The smallest absolute Gasteiger partial charge is 0.408 e. The van der Waals surface area contributed by atoms with E-state index in [0.29, 0.717) is 125 Å². The number of carbonyl (C=O) groups excluding carboxylic acids is 2. The van der Waals surface area contributed by atoms with Gasteiger partial charge >= 0.3 is 12.4 Å². The first-order chi connectivity index (χ1) is 56.6. The van der Waals surface area contributed by atoms with E-state index in [4.69, 9.17) is 49.9 Å². The highest BCUT2D eigenvalue weighted by Gasteiger charge is 2.39. The Morgan fingerprint density at radius 1 is 0.538 bits per heavy atom. The molecule has 0 radical (unpaired) electrons. The Labute approximate surface area is 686 Å². The van der Waals surface area contributed by atoms with Crippen LogP contribution >= 0.6 is 11.6 Å². The van der Waals surface area contributed by atoms with E-state index in [1.165, 1.54) is 78.4 Å². The number of alkyl halides is 6. The van der Waals surface area contributed by atoms with E-state index in [2.05, 4.69) is 58.9 Å². The molecule has 2 amide bonds. The minimum atomic E-state index is -4.63. The molecule has 9 aromatic rings. The molecule has 0 saturated carbocycles. The highest BCUT2D eigenvalue weighted by molar-refractivity contribution is 7.95. The molecule has 0 aliphatic carbocycles. The molecule has 3 aromatic heterocycles. The first-order valence-electron chi connectivity index (χ1n) is 37.5. The number of amides is 2. The lowest BCUT2D eigenvalue weighted by Gasteiger charge is -2.22. The number of benzene rings is 6. The minimum Gasteiger partial charge on any atom is -0.506 e. The quantitative estimate of drug-likeness (QED) is 0.0275. The molecule has 28 nitrogen and oxygen atoms in total. The number of phenols is 1. The third-order valence-electron chi connectivity index (χ3n) is 18.8. The molecule has 5 saturated heterocycles. The largest absolute Gasteiger partial charge is 0.506 e. The molecule has 0 unspecified atom stereocenters. The zero-order chi connectivity index (χ0) is 86.9. The second kappa shape index (κ2) is 40.8. The number of nitrogens with one attached hydrogen (secondary N) is 5. The van der Waals surface area contributed by atoms with Crippen molar-refractivity contribution in [3.05, 3.63) is 125 Å². The van der Waals surface area contributed by atoms with Crippen LogP contribution in [-0.4, -0.2) is 190 Å². The van der Waals surface area contributed by atoms with E-state index in [1.807, 2.05) is 19.2 Å². The summed E-state index contributed by atoms with van der Waals surface area (Å²) in [5.74, 6) is 0.623. The average molecular weight is 1750 g/mol. The predicted octanol–water partition coefficient (Wildman–Crippen LogP) is 16.3. The molecule has 119 heavy (non-hydrogen) atoms. The van der Waals surface area contributed by atoms with Gasteiger partial charge in [0.1, 0.15) is 112 Å². The zero-order valence-corrected chi connectivity index (χ0v) is 69.9. The summed E-state index contributed by atoms with van der Waals surface area (Å²) in [6.45, 7) is 11.1. The van der Waals surface area contributed by atoms with Crippen molar-refractivity contribution in [2.24, 2.45) is 13.1 Å². The van der Waals surface area contributed by atoms with Gasteiger partial charge < -0.3 is 70.0 Å². The molecule has 7 N–H and O–H groups in total. The molecule has 14 rings (SSSR count). The highest BCUT2D eigenvalue weighted by Crippen LogP contribution is 2.47. The number of aliphatic hydroxyl groups excluding tert-OH is 1. The molecule has 5 aliphatic rings. The van der Waals surface area contributed by atoms with Gasteiger partial charge in [0, 0.05) is 94.9 Å². The van der Waals surface area contributed by atoms with Gasteiger partial charge in [-0.05, 0) is 134 Å². The SMILES string of the molecule is C1C[C@H]2OCC[C@H]2O1.CC.CO.COc1c(N=S2(=O)CCC2)cc2ncnc(Nc3ccc(F)cc3O[C@H](C)C(=O)N[C@@H](C)C(F)(F)F)c2c1C.COc1c(N=S2(=O)CCCC2)cc2ncnc(Nc3ccc(F)cc3O)c2c1Cl.COc1c(N=S2(=O)CCCC2)cc2ncnc(Nc3ccc(F)cc3O[C@H](C)C(=O)NCC(F)(F)F)c2c1C. The molecule has 646 valence electrons. The van der Waals surface area contributed by atoms with Gasteiger partial charge in [0.05, 0.1) is 107 Å². The Balaban J connectivity index is 0.000000191. The van der Waals surface area contributed by atoms with Crippen LogP contribution in [0.4, 0.5) is 91.1 Å². The van der Waals surface area contributed by atoms with E-state index in [9.17, 15) is 66.8 Å². The Bertz CT molecular complexity index is 5510. The highest BCUT2D eigenvalue weighted by atomic mass is 35.5. The normalized spacial score (nSPS) is 17.3. The number of carbonyl (C=O) groups is 2. The standard InChI is InChI=1S/2C25H27F4N5O4S.C19H18ClFN4O3S.C6H10O2.C2H6.CH4O/c1-13-21-18(11-19(22(13)37-4)34-39(36)8-5-9-39)30-12-31-23(21)33-17-7-6-16(26)10-20(17)38-14(2)24(35)32-15(3)25(27,28)29;1-14-21-18(11-19(22(14)37-3)34-39(36)8-4-5-9-39)31-13-32-23(21)33-17-7-6-16(26)10-20(17)38-15(2)24(35)30-12-25(27,28)29;1-28-18-14(25-29(27)6-2-3-7-29)9-13-16(17(18)20)19(23-10-22-13)24-12-5-4-11(21)8-15(12)26;1-3-7-6-2-4-8-5(1)6;2*1-2/h6-7,10-12,14-15H,5,8-9H2,1-4H3,(H,32,35)(H,30,31,33);6-7,10-11,13,15H,4-5,8-9,12H2,1-3H3,(H,30,35)(H,31,32,33);4-5,8-10,26H,2-3,6-7H2,1H3,(H,22,23,24);5-6H,1-4H2;1-2H3;2H,1H3/t14-,15+;15-;;5-,6-;;/m11.1../s1. The van der Waals surface area contributed by atoms with Gasteiger partial charge in [-0.25, -0.2) is 55.7 Å². The number of rotatable bonds is 20. The molecule has 0 spiro atoms. The Morgan fingerprint density at radius 3 is 1.28 bits per heavy atom. The second-order valence-electron chi connectivity index (χ2n) is 27.1. The van der Waals surface area contributed by atoms with Gasteiger partial charge in [0.2, 0.25) is 0 Å². The fourth-order valence-electron chi connectivity index (χ4n) is 12.9. The predicted molar refractivity (Wildman–Crippen MR) is 438 cm³/mol. The van der Waals surface area contributed by atoms with Gasteiger partial charge in [0.25, 0.3) is 11.8 Å². The fourth-order valence-corrected chi connectivity index (χ4v) is 19.1. The summed E-state index contributed by atoms with van der Waals surface area (Å²) in [5, 5.41) is 31.3. The van der Waals surface area contributed by atoms with Gasteiger partial charge in [0.15, 0.2) is 18.0 Å². The average Bonchev–Trinajstić information content (AvgIpc) is 1.17. The maximum Gasteiger partial charge on any atom is 0.408 e. The van der Waals surface area contributed by atoms with Crippen LogP contribution in [0.15, 0.2) is 105 Å². The first-order valence-corrected chi connectivity index (χ1v) is 43.5. The van der Waals surface area contributed by atoms with Crippen LogP contribution in [0.5, 0.6) is 34.5 Å². The lowest BCUT2D eigenvalue weighted by Crippen LogP contribution is -2.47. The van der Waals surface area contributed by atoms with Crippen molar-refractivity contribution in [3.63, 3.8) is 0 Å². The lowest BCUT2D eigenvalue weighted by molar-refractivity contribution is -0.160. The van der Waals surface area contributed by atoms with E-state index in [-0.39, 0.29) is 56.7 Å². The number of aromatic nitrogens is 6. The Kier molecular flexibility index (Phi) is 31.8. The summed E-state index contributed by atoms with van der Waals surface area (Å²) >= 11 is 6.59. The summed E-state index contributed by atoms with van der Waals surface area (Å²) in [6.07, 6.45) is -0.607. The topological polar surface area (TPSA) is 365 Å². The van der Waals surface area contributed by atoms with E-state index in [0.717, 1.165) is 103 Å². The molecule has 6 aromatic carbocycles. The van der Waals surface area contributed by atoms with Crippen molar-refractivity contribution in [1.29, 1.82) is 0 Å². The number of aromatic hydroxyl groups is 1. The third kappa shape index (κ3) is 23.7. The fraction of sp³-hybridized carbons (Fsp3) is 0.436. The molecule has 5 atom stereocenters. The molecular weight excluding hydrogens is 1660 g/mol. The Morgan fingerprint density at radius 2 is 0.899 bits per heavy atom. The summed E-state index contributed by atoms with van der Waals surface area (Å²) in [7, 11) is -1.65. The number of fused-ring (bicyclic) bond motifs is 4. The summed E-state index contributed by atoms with van der Waals surface area (Å²) in [4.78, 5) is 50.1. The van der Waals surface area contributed by atoms with Crippen LogP contribution < -0.4 is 50.3 Å². The van der Waals surface area contributed by atoms with Crippen molar-refractivity contribution in [1.82, 2.24) is 40.5 Å². The van der Waals surface area contributed by atoms with E-state index in [1.54, 1.807) is 37.4 Å². The number of phenolic OH excluding ortho intramolecular Hbond substituents is 1. The number of aliphatic hydroxyl groups is 1. The first kappa shape index (κ1) is 92.7. The van der Waals surface area contributed by atoms with E-state index < -0.39 is 95.6 Å². The molecular formula is C78H92ClF9N14O14S3. The summed E-state index contributed by atoms with van der Waals surface area (Å²) < 4.78 is 208. The number of nitrogens with zero attached hydrogens (tertiary/aromatic N) is 9. The van der Waals surface area contributed by atoms with Crippen molar-refractivity contribution in [2.45, 2.75) is 136 Å². The number of methoxy groups -OCH3 is 3. The van der Waals surface area contributed by atoms with Crippen LogP contribution in [0.2, 0.25) is 5.02 Å². The van der Waals surface area contributed by atoms with Crippen molar-refractivity contribution < 1.29 is 105 Å². The second-order valence-corrected chi connectivity index (χ2v) is 35.1. The van der Waals surface area contributed by atoms with Gasteiger partial charge in [-0.15, -0.1) is 0 Å². The van der Waals surface area contributed by atoms with Gasteiger partial charge in [-0.1, -0.05) is 25.4 Å². The lowest BCUT2D eigenvalue weighted by atomic mass is 10.1. The van der Waals surface area contributed by atoms with Crippen LogP contribution in [-0.2, 0) is 48.2 Å². The summed E-state index contributed by atoms with van der Waals surface area (Å²) in [6, 6.07) is 13.5. The molecule has 41 heteroatoms. The Hall–Kier alpha value is -10.1. The summed E-state index contributed by atoms with van der Waals surface area (Å²) in [5.41, 5.74) is 4.52. The molecule has 8 heterocycles. The molecule has 0 bridgehead atoms. The van der Waals surface area contributed by atoms with Crippen LogP contribution in [0.1, 0.15) is 90.7 Å². The number of ether oxygens (including phenoxy) is 7. The van der Waals surface area contributed by atoms with Gasteiger partial charge in [-0.2, -0.15) is 39.4 Å². The van der Waals surface area contributed by atoms with E-state index >= 15 is 0 Å². The number of halogens is 10. The zero-order valence-electron chi connectivity index (χ0n) is 66.7. The van der Waals surface area contributed by atoms with Crippen molar-refractivity contribution >= 4 is 137 Å². The molecule has 5 fully saturated rings.